The first-order valence-corrected chi connectivity index (χ1v) is 5.06. The SMILES string of the molecule is O=C(Nc1cnoc1)c1ncccc1C#CCO. The summed E-state index contributed by atoms with van der Waals surface area (Å²) in [4.78, 5) is 15.9. The number of anilines is 1. The van der Waals surface area contributed by atoms with Gasteiger partial charge in [-0.05, 0) is 12.1 Å². The molecule has 0 bridgehead atoms. The molecule has 2 rings (SSSR count). The third-order valence-electron chi connectivity index (χ3n) is 2.02. The van der Waals surface area contributed by atoms with E-state index in [-0.39, 0.29) is 12.3 Å². The van der Waals surface area contributed by atoms with Gasteiger partial charge in [-0.15, -0.1) is 0 Å². The third-order valence-corrected chi connectivity index (χ3v) is 2.02. The van der Waals surface area contributed by atoms with Crippen molar-refractivity contribution in [2.75, 3.05) is 11.9 Å². The molecule has 0 aromatic carbocycles. The number of rotatable bonds is 2. The highest BCUT2D eigenvalue weighted by atomic mass is 16.5. The summed E-state index contributed by atoms with van der Waals surface area (Å²) in [6.07, 6.45) is 4.17. The van der Waals surface area contributed by atoms with Crippen molar-refractivity contribution >= 4 is 11.6 Å². The number of hydrogen-bond donors (Lipinski definition) is 2. The Hall–Kier alpha value is -2.65. The van der Waals surface area contributed by atoms with Crippen LogP contribution in [0.2, 0.25) is 0 Å². The van der Waals surface area contributed by atoms with Crippen molar-refractivity contribution in [2.45, 2.75) is 0 Å². The Balaban J connectivity index is 2.24. The van der Waals surface area contributed by atoms with Crippen LogP contribution in [0.15, 0.2) is 35.3 Å². The summed E-state index contributed by atoms with van der Waals surface area (Å²) in [6, 6.07) is 3.32. The van der Waals surface area contributed by atoms with Gasteiger partial charge in [-0.25, -0.2) is 4.98 Å². The number of pyridine rings is 1. The second-order valence-electron chi connectivity index (χ2n) is 3.23. The fourth-order valence-corrected chi connectivity index (χ4v) is 1.28. The van der Waals surface area contributed by atoms with E-state index in [2.05, 4.69) is 31.8 Å². The van der Waals surface area contributed by atoms with Gasteiger partial charge in [0.1, 0.15) is 24.3 Å². The van der Waals surface area contributed by atoms with Crippen LogP contribution < -0.4 is 5.32 Å². The van der Waals surface area contributed by atoms with Crippen molar-refractivity contribution in [3.63, 3.8) is 0 Å². The highest BCUT2D eigenvalue weighted by Gasteiger charge is 2.12. The van der Waals surface area contributed by atoms with Gasteiger partial charge in [-0.2, -0.15) is 0 Å². The topological polar surface area (TPSA) is 88.3 Å². The molecule has 0 saturated heterocycles. The Morgan fingerprint density at radius 2 is 2.44 bits per heavy atom. The molecule has 0 aliphatic heterocycles. The number of aliphatic hydroxyl groups excluding tert-OH is 1. The molecule has 0 fully saturated rings. The van der Waals surface area contributed by atoms with Gasteiger partial charge in [-0.1, -0.05) is 17.0 Å². The molecule has 6 nitrogen and oxygen atoms in total. The number of amides is 1. The van der Waals surface area contributed by atoms with Gasteiger partial charge in [0.05, 0.1) is 11.8 Å². The van der Waals surface area contributed by atoms with Gasteiger partial charge in [0, 0.05) is 6.20 Å². The van der Waals surface area contributed by atoms with Gasteiger partial charge < -0.3 is 14.9 Å². The Bertz CT molecular complexity index is 597. The van der Waals surface area contributed by atoms with Crippen LogP contribution in [0.5, 0.6) is 0 Å². The standard InChI is InChI=1S/C12H9N3O3/c16-6-2-4-9-3-1-5-13-11(9)12(17)15-10-7-14-18-8-10/h1,3,5,7-8,16H,6H2,(H,15,17). The van der Waals surface area contributed by atoms with E-state index in [1.807, 2.05) is 0 Å². The largest absolute Gasteiger partial charge is 0.384 e. The minimum absolute atomic E-state index is 0.180. The second-order valence-corrected chi connectivity index (χ2v) is 3.23. The van der Waals surface area contributed by atoms with Crippen LogP contribution in [0.25, 0.3) is 0 Å². The first kappa shape index (κ1) is 11.8. The van der Waals surface area contributed by atoms with E-state index < -0.39 is 5.91 Å². The van der Waals surface area contributed by atoms with E-state index in [0.717, 1.165) is 0 Å². The molecule has 2 aromatic rings. The van der Waals surface area contributed by atoms with E-state index in [9.17, 15) is 4.79 Å². The number of aromatic nitrogens is 2. The summed E-state index contributed by atoms with van der Waals surface area (Å²) in [5, 5.41) is 14.7. The zero-order valence-corrected chi connectivity index (χ0v) is 9.25. The number of nitrogens with one attached hydrogen (secondary N) is 1. The predicted octanol–water partition coefficient (Wildman–Crippen LogP) is 0.666. The zero-order valence-electron chi connectivity index (χ0n) is 9.25. The molecule has 0 radical (unpaired) electrons. The van der Waals surface area contributed by atoms with Crippen LogP contribution in [0.4, 0.5) is 5.69 Å². The van der Waals surface area contributed by atoms with Gasteiger partial charge in [-0.3, -0.25) is 4.79 Å². The van der Waals surface area contributed by atoms with Crippen molar-refractivity contribution in [3.8, 4) is 11.8 Å². The molecule has 0 spiro atoms. The molecule has 6 heteroatoms. The summed E-state index contributed by atoms with van der Waals surface area (Å²) >= 11 is 0. The van der Waals surface area contributed by atoms with Gasteiger partial charge in [0.25, 0.3) is 5.91 Å². The van der Waals surface area contributed by atoms with E-state index in [1.165, 1.54) is 18.7 Å². The summed E-state index contributed by atoms with van der Waals surface area (Å²) < 4.78 is 4.60. The third kappa shape index (κ3) is 2.72. The number of aliphatic hydroxyl groups is 1. The highest BCUT2D eigenvalue weighted by Crippen LogP contribution is 2.09. The van der Waals surface area contributed by atoms with Crippen LogP contribution in [0.1, 0.15) is 16.1 Å². The number of carbonyl (C=O) groups is 1. The van der Waals surface area contributed by atoms with Crippen molar-refractivity contribution in [2.24, 2.45) is 0 Å². The summed E-state index contributed by atoms with van der Waals surface area (Å²) in [5.41, 5.74) is 1.06. The smallest absolute Gasteiger partial charge is 0.275 e. The van der Waals surface area contributed by atoms with E-state index in [0.29, 0.717) is 11.3 Å². The Morgan fingerprint density at radius 1 is 1.56 bits per heavy atom. The molecule has 0 atom stereocenters. The van der Waals surface area contributed by atoms with E-state index >= 15 is 0 Å². The van der Waals surface area contributed by atoms with Crippen LogP contribution in [-0.2, 0) is 0 Å². The molecule has 0 saturated carbocycles. The van der Waals surface area contributed by atoms with E-state index in [1.54, 1.807) is 12.1 Å². The molecule has 90 valence electrons. The maximum absolute atomic E-state index is 11.9. The summed E-state index contributed by atoms with van der Waals surface area (Å²) in [5.74, 6) is 4.72. The Kier molecular flexibility index (Phi) is 3.69. The zero-order chi connectivity index (χ0) is 12.8. The van der Waals surface area contributed by atoms with Crippen molar-refractivity contribution in [1.82, 2.24) is 10.1 Å². The molecule has 2 N–H and O–H groups in total. The molecule has 0 unspecified atom stereocenters. The molecule has 1 amide bonds. The van der Waals surface area contributed by atoms with Gasteiger partial charge in [0.2, 0.25) is 0 Å². The fraction of sp³-hybridized carbons (Fsp3) is 0.0833. The highest BCUT2D eigenvalue weighted by molar-refractivity contribution is 6.04. The lowest BCUT2D eigenvalue weighted by atomic mass is 10.2. The molecule has 2 heterocycles. The van der Waals surface area contributed by atoms with Crippen LogP contribution in [0.3, 0.4) is 0 Å². The van der Waals surface area contributed by atoms with E-state index in [4.69, 9.17) is 5.11 Å². The number of hydrogen-bond acceptors (Lipinski definition) is 5. The average Bonchev–Trinajstić information content (AvgIpc) is 2.89. The first-order valence-electron chi connectivity index (χ1n) is 5.06. The number of carbonyl (C=O) groups excluding carboxylic acids is 1. The van der Waals surface area contributed by atoms with Crippen LogP contribution >= 0.6 is 0 Å². The predicted molar refractivity (Wildman–Crippen MR) is 62.7 cm³/mol. The summed E-state index contributed by atoms with van der Waals surface area (Å²) in [6.45, 7) is -0.276. The van der Waals surface area contributed by atoms with Gasteiger partial charge >= 0.3 is 0 Å². The minimum atomic E-state index is -0.416. The molecule has 0 aliphatic carbocycles. The lowest BCUT2D eigenvalue weighted by Gasteiger charge is -2.02. The maximum Gasteiger partial charge on any atom is 0.275 e. The van der Waals surface area contributed by atoms with Crippen molar-refractivity contribution in [3.05, 3.63) is 42.0 Å². The molecular weight excluding hydrogens is 234 g/mol. The normalized spacial score (nSPS) is 9.39. The fourth-order valence-electron chi connectivity index (χ4n) is 1.28. The Labute approximate surface area is 103 Å². The molecular formula is C12H9N3O3. The first-order chi connectivity index (χ1) is 8.81. The molecule has 0 aliphatic rings. The van der Waals surface area contributed by atoms with Crippen LogP contribution in [-0.4, -0.2) is 27.8 Å². The summed E-state index contributed by atoms with van der Waals surface area (Å²) in [7, 11) is 0. The molecule has 2 aromatic heterocycles. The second kappa shape index (κ2) is 5.61. The lowest BCUT2D eigenvalue weighted by Crippen LogP contribution is -2.14. The van der Waals surface area contributed by atoms with Crippen LogP contribution in [0, 0.1) is 11.8 Å². The minimum Gasteiger partial charge on any atom is -0.384 e. The average molecular weight is 243 g/mol. The molecule has 18 heavy (non-hydrogen) atoms. The monoisotopic (exact) mass is 243 g/mol. The quantitative estimate of drug-likeness (QED) is 0.757. The van der Waals surface area contributed by atoms with Crippen molar-refractivity contribution in [1.29, 1.82) is 0 Å². The number of nitrogens with zero attached hydrogens (tertiary/aromatic N) is 2. The van der Waals surface area contributed by atoms with Gasteiger partial charge in [0.15, 0.2) is 0 Å². The lowest BCUT2D eigenvalue weighted by molar-refractivity contribution is 0.102. The Morgan fingerprint density at radius 3 is 3.17 bits per heavy atom. The van der Waals surface area contributed by atoms with Crippen molar-refractivity contribution < 1.29 is 14.4 Å². The maximum atomic E-state index is 11.9.